The van der Waals surface area contributed by atoms with Crippen molar-refractivity contribution >= 4 is 23.2 Å². The molecule has 0 aromatic carbocycles. The van der Waals surface area contributed by atoms with Crippen LogP contribution in [-0.4, -0.2) is 40.7 Å². The van der Waals surface area contributed by atoms with E-state index in [2.05, 4.69) is 24.1 Å². The Hall–Kier alpha value is -0.250. The predicted octanol–water partition coefficient (Wildman–Crippen LogP) is 3.75. The lowest BCUT2D eigenvalue weighted by Gasteiger charge is -2.22. The normalized spacial score (nSPS) is 24.7. The van der Waals surface area contributed by atoms with E-state index in [9.17, 15) is 0 Å². The van der Waals surface area contributed by atoms with Gasteiger partial charge >= 0.3 is 0 Å². The molecule has 0 aliphatic heterocycles. The first-order valence-electron chi connectivity index (χ1n) is 7.09. The summed E-state index contributed by atoms with van der Waals surface area (Å²) in [6.07, 6.45) is 7.73. The molecule has 1 aromatic heterocycles. The first-order chi connectivity index (χ1) is 9.09. The van der Waals surface area contributed by atoms with Crippen LogP contribution in [0.1, 0.15) is 43.7 Å². The number of halogens is 2. The van der Waals surface area contributed by atoms with Gasteiger partial charge < -0.3 is 4.90 Å². The van der Waals surface area contributed by atoms with Crippen LogP contribution in [0.15, 0.2) is 6.20 Å². The van der Waals surface area contributed by atoms with E-state index in [0.29, 0.717) is 5.92 Å². The summed E-state index contributed by atoms with van der Waals surface area (Å²) < 4.78 is 2.05. The van der Waals surface area contributed by atoms with Crippen molar-refractivity contribution in [1.82, 2.24) is 14.7 Å². The molecule has 1 heterocycles. The van der Waals surface area contributed by atoms with E-state index in [1.807, 2.05) is 4.68 Å². The Bertz CT molecular complexity index is 403. The molecule has 0 saturated heterocycles. The number of hydrogen-bond donors (Lipinski definition) is 0. The monoisotopic (exact) mass is 303 g/mol. The molecule has 19 heavy (non-hydrogen) atoms. The fraction of sp³-hybridized carbons (Fsp3) is 0.786. The lowest BCUT2D eigenvalue weighted by Crippen LogP contribution is -2.23. The average molecular weight is 304 g/mol. The molecule has 2 unspecified atom stereocenters. The standard InChI is InChI=1S/C14H23Cl2N3/c1-18(2)8-9-19-14(13(16)10-17-19)11-6-4-3-5-7-12(11)15/h10-12H,3-9H2,1-2H3. The Morgan fingerprint density at radius 1 is 1.32 bits per heavy atom. The number of rotatable bonds is 4. The highest BCUT2D eigenvalue weighted by atomic mass is 35.5. The molecule has 0 N–H and O–H groups in total. The van der Waals surface area contributed by atoms with E-state index in [4.69, 9.17) is 23.2 Å². The van der Waals surface area contributed by atoms with Gasteiger partial charge in [0.15, 0.2) is 0 Å². The van der Waals surface area contributed by atoms with Gasteiger partial charge in [0.05, 0.1) is 23.5 Å². The largest absolute Gasteiger partial charge is 0.308 e. The van der Waals surface area contributed by atoms with Crippen LogP contribution in [0.5, 0.6) is 0 Å². The fourth-order valence-electron chi connectivity index (χ4n) is 2.78. The summed E-state index contributed by atoms with van der Waals surface area (Å²) in [6.45, 7) is 1.83. The second-order valence-corrected chi connectivity index (χ2v) is 6.63. The molecule has 0 amide bonds. The van der Waals surface area contributed by atoms with E-state index in [-0.39, 0.29) is 5.38 Å². The van der Waals surface area contributed by atoms with E-state index in [1.165, 1.54) is 19.3 Å². The van der Waals surface area contributed by atoms with Crippen LogP contribution in [0.2, 0.25) is 5.02 Å². The van der Waals surface area contributed by atoms with Crippen molar-refractivity contribution < 1.29 is 0 Å². The quantitative estimate of drug-likeness (QED) is 0.624. The minimum atomic E-state index is 0.190. The van der Waals surface area contributed by atoms with Gasteiger partial charge in [0, 0.05) is 17.8 Å². The van der Waals surface area contributed by atoms with Gasteiger partial charge in [0.2, 0.25) is 0 Å². The van der Waals surface area contributed by atoms with Crippen LogP contribution < -0.4 is 0 Å². The molecule has 5 heteroatoms. The molecule has 1 saturated carbocycles. The molecule has 108 valence electrons. The molecule has 0 spiro atoms. The second-order valence-electron chi connectivity index (χ2n) is 5.66. The summed E-state index contributed by atoms with van der Waals surface area (Å²) in [6, 6.07) is 0. The van der Waals surface area contributed by atoms with E-state index in [0.717, 1.165) is 36.6 Å². The number of aromatic nitrogens is 2. The maximum atomic E-state index is 6.58. The molecule has 0 radical (unpaired) electrons. The predicted molar refractivity (Wildman–Crippen MR) is 81.3 cm³/mol. The molecule has 1 aliphatic carbocycles. The summed E-state index contributed by atoms with van der Waals surface area (Å²) in [5, 5.41) is 5.39. The Labute approximate surface area is 125 Å². The summed E-state index contributed by atoms with van der Waals surface area (Å²) in [5.41, 5.74) is 1.14. The van der Waals surface area contributed by atoms with Crippen molar-refractivity contribution in [2.24, 2.45) is 0 Å². The van der Waals surface area contributed by atoms with Crippen molar-refractivity contribution in [3.63, 3.8) is 0 Å². The van der Waals surface area contributed by atoms with Crippen LogP contribution >= 0.6 is 23.2 Å². The molecule has 2 atom stereocenters. The first-order valence-corrected chi connectivity index (χ1v) is 7.91. The maximum absolute atomic E-state index is 6.58. The molecular weight excluding hydrogens is 281 g/mol. The van der Waals surface area contributed by atoms with Crippen molar-refractivity contribution in [2.75, 3.05) is 20.6 Å². The Kier molecular flexibility index (Phi) is 5.55. The van der Waals surface area contributed by atoms with Crippen molar-refractivity contribution in [2.45, 2.75) is 49.9 Å². The van der Waals surface area contributed by atoms with Crippen LogP contribution in [0, 0.1) is 0 Å². The second kappa shape index (κ2) is 6.96. The van der Waals surface area contributed by atoms with Gasteiger partial charge in [-0.25, -0.2) is 0 Å². The Morgan fingerprint density at radius 2 is 2.05 bits per heavy atom. The number of nitrogens with zero attached hydrogens (tertiary/aromatic N) is 3. The molecule has 1 aromatic rings. The molecule has 1 fully saturated rings. The summed E-state index contributed by atoms with van der Waals surface area (Å²) in [5.74, 6) is 0.348. The summed E-state index contributed by atoms with van der Waals surface area (Å²) >= 11 is 12.9. The van der Waals surface area contributed by atoms with Gasteiger partial charge in [0.1, 0.15) is 0 Å². The van der Waals surface area contributed by atoms with E-state index >= 15 is 0 Å². The van der Waals surface area contributed by atoms with Gasteiger partial charge in [-0.1, -0.05) is 30.9 Å². The maximum Gasteiger partial charge on any atom is 0.0821 e. The number of alkyl halides is 1. The number of likely N-dealkylation sites (N-methyl/N-ethyl adjacent to an activating group) is 1. The third-order valence-electron chi connectivity index (χ3n) is 3.88. The van der Waals surface area contributed by atoms with Gasteiger partial charge in [-0.3, -0.25) is 4.68 Å². The lowest BCUT2D eigenvalue weighted by molar-refractivity contribution is 0.364. The average Bonchev–Trinajstić information content (AvgIpc) is 2.58. The minimum Gasteiger partial charge on any atom is -0.308 e. The third-order valence-corrected chi connectivity index (χ3v) is 4.69. The first kappa shape index (κ1) is 15.1. The van der Waals surface area contributed by atoms with E-state index in [1.54, 1.807) is 6.20 Å². The van der Waals surface area contributed by atoms with Gasteiger partial charge in [-0.15, -0.1) is 11.6 Å². The highest BCUT2D eigenvalue weighted by Gasteiger charge is 2.28. The highest BCUT2D eigenvalue weighted by molar-refractivity contribution is 6.31. The van der Waals surface area contributed by atoms with Crippen molar-refractivity contribution in [1.29, 1.82) is 0 Å². The number of hydrogen-bond acceptors (Lipinski definition) is 2. The zero-order valence-corrected chi connectivity index (χ0v) is 13.3. The van der Waals surface area contributed by atoms with Crippen molar-refractivity contribution in [3.8, 4) is 0 Å². The third kappa shape index (κ3) is 3.87. The zero-order chi connectivity index (χ0) is 13.8. The Balaban J connectivity index is 2.19. The topological polar surface area (TPSA) is 21.1 Å². The molecule has 0 bridgehead atoms. The smallest absolute Gasteiger partial charge is 0.0821 e. The van der Waals surface area contributed by atoms with Crippen LogP contribution in [0.25, 0.3) is 0 Å². The zero-order valence-electron chi connectivity index (χ0n) is 11.8. The fourth-order valence-corrected chi connectivity index (χ4v) is 3.46. The van der Waals surface area contributed by atoms with E-state index < -0.39 is 0 Å². The summed E-state index contributed by atoms with van der Waals surface area (Å²) in [4.78, 5) is 2.16. The van der Waals surface area contributed by atoms with Crippen molar-refractivity contribution in [3.05, 3.63) is 16.9 Å². The SMILES string of the molecule is CN(C)CCn1ncc(Cl)c1C1CCCCCC1Cl. The molecule has 1 aliphatic rings. The van der Waals surface area contributed by atoms with Gasteiger partial charge in [-0.05, 0) is 26.9 Å². The minimum absolute atomic E-state index is 0.190. The molecule has 2 rings (SSSR count). The molecular formula is C14H23Cl2N3. The van der Waals surface area contributed by atoms with Crippen LogP contribution in [-0.2, 0) is 6.54 Å². The Morgan fingerprint density at radius 3 is 2.79 bits per heavy atom. The lowest BCUT2D eigenvalue weighted by atomic mass is 9.96. The van der Waals surface area contributed by atoms with Crippen LogP contribution in [0.3, 0.4) is 0 Å². The summed E-state index contributed by atoms with van der Waals surface area (Å²) in [7, 11) is 4.14. The highest BCUT2D eigenvalue weighted by Crippen LogP contribution is 2.38. The van der Waals surface area contributed by atoms with Gasteiger partial charge in [-0.2, -0.15) is 5.10 Å². The van der Waals surface area contributed by atoms with Crippen LogP contribution in [0.4, 0.5) is 0 Å². The molecule has 3 nitrogen and oxygen atoms in total. The van der Waals surface area contributed by atoms with Gasteiger partial charge in [0.25, 0.3) is 0 Å².